The number of aliphatic imine (C=N–C) groups is 1. The van der Waals surface area contributed by atoms with E-state index in [1.807, 2.05) is 6.34 Å². The Morgan fingerprint density at radius 3 is 1.44 bits per heavy atom. The van der Waals surface area contributed by atoms with E-state index in [9.17, 15) is 0 Å². The van der Waals surface area contributed by atoms with Crippen LogP contribution in [0.4, 0.5) is 0 Å². The molecule has 3 aromatic rings. The first-order valence-corrected chi connectivity index (χ1v) is 8.78. The van der Waals surface area contributed by atoms with Crippen LogP contribution in [0.15, 0.2) is 96.0 Å². The average Bonchev–Trinajstić information content (AvgIpc) is 3.12. The molecule has 0 fully saturated rings. The molecule has 1 aliphatic heterocycles. The molecule has 1 heterocycles. The molecule has 124 valence electrons. The van der Waals surface area contributed by atoms with Crippen LogP contribution in [0.1, 0.15) is 23.6 Å². The van der Waals surface area contributed by atoms with Crippen LogP contribution in [0.5, 0.6) is 0 Å². The fourth-order valence-corrected chi connectivity index (χ4v) is 3.89. The summed E-state index contributed by atoms with van der Waals surface area (Å²) in [6.45, 7) is 3.07. The molecule has 0 amide bonds. The highest BCUT2D eigenvalue weighted by Gasteiger charge is 2.44. The Kier molecular flexibility index (Phi) is 4.10. The fraction of sp³-hybridized carbons (Fsp3) is 0.174. The van der Waals surface area contributed by atoms with Gasteiger partial charge in [0, 0.05) is 6.04 Å². The summed E-state index contributed by atoms with van der Waals surface area (Å²) in [5, 5.41) is 0. The molecule has 1 unspecified atom stereocenters. The van der Waals surface area contributed by atoms with E-state index in [1.54, 1.807) is 0 Å². The number of nitrogens with zero attached hydrogens (tertiary/aromatic N) is 2. The second-order valence-corrected chi connectivity index (χ2v) is 6.55. The van der Waals surface area contributed by atoms with Gasteiger partial charge < -0.3 is 4.90 Å². The van der Waals surface area contributed by atoms with E-state index in [0.29, 0.717) is 6.04 Å². The molecule has 0 saturated carbocycles. The second kappa shape index (κ2) is 6.56. The third kappa shape index (κ3) is 2.54. The summed E-state index contributed by atoms with van der Waals surface area (Å²) in [5.74, 6) is 0. The van der Waals surface area contributed by atoms with Gasteiger partial charge in [-0.15, -0.1) is 0 Å². The molecule has 1 aliphatic rings. The third-order valence-corrected chi connectivity index (χ3v) is 5.01. The minimum Gasteiger partial charge on any atom is -0.340 e. The molecule has 0 saturated heterocycles. The van der Waals surface area contributed by atoms with Gasteiger partial charge in [-0.2, -0.15) is 0 Å². The first kappa shape index (κ1) is 15.6. The van der Waals surface area contributed by atoms with E-state index in [0.717, 1.165) is 6.54 Å². The molecule has 25 heavy (non-hydrogen) atoms. The summed E-state index contributed by atoms with van der Waals surface area (Å²) in [6.07, 6.45) is 2.03. The van der Waals surface area contributed by atoms with Gasteiger partial charge in [0.1, 0.15) is 5.54 Å². The van der Waals surface area contributed by atoms with Crippen LogP contribution in [0.3, 0.4) is 0 Å². The van der Waals surface area contributed by atoms with Gasteiger partial charge in [-0.05, 0) is 23.6 Å². The zero-order valence-corrected chi connectivity index (χ0v) is 14.4. The molecule has 2 nitrogen and oxygen atoms in total. The Morgan fingerprint density at radius 2 is 1.12 bits per heavy atom. The van der Waals surface area contributed by atoms with Crippen LogP contribution in [0, 0.1) is 0 Å². The quantitative estimate of drug-likeness (QED) is 0.634. The SMILES string of the molecule is CC1CN=CN1C(c1ccccc1)(c1ccccc1)c1ccccc1. The molecule has 0 radical (unpaired) electrons. The first-order chi connectivity index (χ1) is 12.3. The second-order valence-electron chi connectivity index (χ2n) is 6.55. The molecule has 0 spiro atoms. The van der Waals surface area contributed by atoms with Crippen molar-refractivity contribution in [2.45, 2.75) is 18.5 Å². The highest BCUT2D eigenvalue weighted by molar-refractivity contribution is 5.66. The van der Waals surface area contributed by atoms with E-state index in [1.165, 1.54) is 16.7 Å². The summed E-state index contributed by atoms with van der Waals surface area (Å²) >= 11 is 0. The van der Waals surface area contributed by atoms with Gasteiger partial charge >= 0.3 is 0 Å². The monoisotopic (exact) mass is 326 g/mol. The van der Waals surface area contributed by atoms with Crippen molar-refractivity contribution in [2.75, 3.05) is 6.54 Å². The minimum atomic E-state index is -0.386. The smallest absolute Gasteiger partial charge is 0.117 e. The van der Waals surface area contributed by atoms with Crippen LogP contribution in [0.25, 0.3) is 0 Å². The maximum absolute atomic E-state index is 4.59. The molecule has 0 aliphatic carbocycles. The predicted molar refractivity (Wildman–Crippen MR) is 104 cm³/mol. The standard InChI is InChI=1S/C23H22N2/c1-19-17-24-18-25(19)23(20-11-5-2-6-12-20,21-13-7-3-8-14-21)22-15-9-4-10-16-22/h2-16,18-19H,17H2,1H3. The van der Waals surface area contributed by atoms with Crippen molar-refractivity contribution >= 4 is 6.34 Å². The Morgan fingerprint density at radius 1 is 0.720 bits per heavy atom. The van der Waals surface area contributed by atoms with Crippen molar-refractivity contribution < 1.29 is 0 Å². The first-order valence-electron chi connectivity index (χ1n) is 8.78. The molecule has 0 N–H and O–H groups in total. The Balaban J connectivity index is 2.07. The van der Waals surface area contributed by atoms with Crippen molar-refractivity contribution in [1.82, 2.24) is 4.90 Å². The molecule has 0 bridgehead atoms. The molecule has 3 aromatic carbocycles. The molecule has 4 rings (SSSR count). The lowest BCUT2D eigenvalue weighted by atomic mass is 9.75. The van der Waals surface area contributed by atoms with Crippen molar-refractivity contribution in [2.24, 2.45) is 4.99 Å². The van der Waals surface area contributed by atoms with Gasteiger partial charge in [-0.1, -0.05) is 91.0 Å². The lowest BCUT2D eigenvalue weighted by Crippen LogP contribution is -2.50. The van der Waals surface area contributed by atoms with Gasteiger partial charge in [0.15, 0.2) is 0 Å². The predicted octanol–water partition coefficient (Wildman–Crippen LogP) is 4.71. The summed E-state index contributed by atoms with van der Waals surface area (Å²) < 4.78 is 0. The van der Waals surface area contributed by atoms with Crippen LogP contribution in [-0.2, 0) is 5.54 Å². The topological polar surface area (TPSA) is 15.6 Å². The maximum Gasteiger partial charge on any atom is 0.117 e. The van der Waals surface area contributed by atoms with E-state index in [4.69, 9.17) is 0 Å². The summed E-state index contributed by atoms with van der Waals surface area (Å²) in [7, 11) is 0. The van der Waals surface area contributed by atoms with E-state index in [2.05, 4.69) is 108 Å². The van der Waals surface area contributed by atoms with Crippen molar-refractivity contribution in [1.29, 1.82) is 0 Å². The fourth-order valence-electron chi connectivity index (χ4n) is 3.89. The van der Waals surface area contributed by atoms with Crippen LogP contribution < -0.4 is 0 Å². The van der Waals surface area contributed by atoms with Crippen molar-refractivity contribution in [3.05, 3.63) is 108 Å². The number of hydrogen-bond donors (Lipinski definition) is 0. The molecule has 2 heteroatoms. The molecule has 0 aromatic heterocycles. The lowest BCUT2D eigenvalue weighted by molar-refractivity contribution is 0.236. The lowest BCUT2D eigenvalue weighted by Gasteiger charge is -2.45. The van der Waals surface area contributed by atoms with Gasteiger partial charge in [0.05, 0.1) is 12.9 Å². The van der Waals surface area contributed by atoms with Gasteiger partial charge in [-0.3, -0.25) is 4.99 Å². The molecular weight excluding hydrogens is 304 g/mol. The number of benzene rings is 3. The highest BCUT2D eigenvalue weighted by atomic mass is 15.3. The Bertz CT molecular complexity index is 744. The van der Waals surface area contributed by atoms with Crippen molar-refractivity contribution in [3.8, 4) is 0 Å². The van der Waals surface area contributed by atoms with Gasteiger partial charge in [0.2, 0.25) is 0 Å². The van der Waals surface area contributed by atoms with E-state index >= 15 is 0 Å². The highest BCUT2D eigenvalue weighted by Crippen LogP contribution is 2.43. The number of hydrogen-bond acceptors (Lipinski definition) is 2. The molecule has 1 atom stereocenters. The third-order valence-electron chi connectivity index (χ3n) is 5.01. The van der Waals surface area contributed by atoms with Crippen LogP contribution >= 0.6 is 0 Å². The maximum atomic E-state index is 4.59. The van der Waals surface area contributed by atoms with Crippen LogP contribution in [0.2, 0.25) is 0 Å². The summed E-state index contributed by atoms with van der Waals surface area (Å²) in [6, 6.07) is 32.6. The summed E-state index contributed by atoms with van der Waals surface area (Å²) in [5.41, 5.74) is 3.39. The van der Waals surface area contributed by atoms with E-state index in [-0.39, 0.29) is 5.54 Å². The normalized spacial score (nSPS) is 17.0. The molecular formula is C23H22N2. The summed E-state index contributed by atoms with van der Waals surface area (Å²) in [4.78, 5) is 7.00. The van der Waals surface area contributed by atoms with Gasteiger partial charge in [-0.25, -0.2) is 0 Å². The zero-order valence-electron chi connectivity index (χ0n) is 14.4. The van der Waals surface area contributed by atoms with Crippen LogP contribution in [-0.4, -0.2) is 23.8 Å². The number of rotatable bonds is 4. The van der Waals surface area contributed by atoms with Crippen molar-refractivity contribution in [3.63, 3.8) is 0 Å². The largest absolute Gasteiger partial charge is 0.340 e. The van der Waals surface area contributed by atoms with E-state index < -0.39 is 0 Å². The Hall–Kier alpha value is -2.87. The average molecular weight is 326 g/mol. The zero-order chi connectivity index (χ0) is 17.1. The minimum absolute atomic E-state index is 0.334. The Labute approximate surface area is 149 Å². The van der Waals surface area contributed by atoms with Gasteiger partial charge in [0.25, 0.3) is 0 Å².